The number of hydrogen-bond donors (Lipinski definition) is 0. The molecule has 6 heteroatoms. The molecule has 306 valence electrons. The topological polar surface area (TPSA) is 44.8 Å². The molecule has 0 spiro atoms. The lowest BCUT2D eigenvalue weighted by Crippen LogP contribution is -2.72. The van der Waals surface area contributed by atoms with Gasteiger partial charge in [-0.15, -0.1) is 0 Å². The minimum atomic E-state index is -3.16. The summed E-state index contributed by atoms with van der Waals surface area (Å²) in [7, 11) is -6.31. The summed E-state index contributed by atoms with van der Waals surface area (Å²) in [5.41, 5.74) is 0.745. The maximum absolute atomic E-state index is 13.8. The molecule has 1 unspecified atom stereocenters. The highest BCUT2D eigenvalue weighted by atomic mass is 28.4. The molecule has 57 heavy (non-hydrogen) atoms. The van der Waals surface area contributed by atoms with E-state index in [-0.39, 0.29) is 16.0 Å². The van der Waals surface area contributed by atoms with E-state index in [2.05, 4.69) is 176 Å². The smallest absolute Gasteiger partial charge is 0.334 e. The predicted molar refractivity (Wildman–Crippen MR) is 245 cm³/mol. The van der Waals surface area contributed by atoms with Crippen molar-refractivity contribution >= 4 is 43.4 Å². The third-order valence-electron chi connectivity index (χ3n) is 11.9. The van der Waals surface area contributed by atoms with Crippen molar-refractivity contribution in [3.63, 3.8) is 0 Å². The number of cyclic esters (lactones) is 1. The van der Waals surface area contributed by atoms with Gasteiger partial charge in [-0.2, -0.15) is 0 Å². The first kappa shape index (κ1) is 44.5. The summed E-state index contributed by atoms with van der Waals surface area (Å²) in [5.74, 6) is -0.245. The molecular weight excluding hydrogens is 733 g/mol. The molecule has 1 atom stereocenters. The first-order chi connectivity index (χ1) is 27.4. The normalized spacial score (nSPS) is 16.0. The molecule has 0 amide bonds. The van der Waals surface area contributed by atoms with Gasteiger partial charge in [-0.05, 0) is 43.7 Å². The number of esters is 1. The third-order valence-corrected chi connectivity index (χ3v) is 21.8. The van der Waals surface area contributed by atoms with Gasteiger partial charge in [-0.1, -0.05) is 240 Å². The number of ether oxygens (including phenoxy) is 1. The fraction of sp³-hybridized carbons (Fsp3) is 0.471. The van der Waals surface area contributed by atoms with E-state index in [1.165, 1.54) is 64.2 Å². The molecule has 1 aliphatic heterocycles. The van der Waals surface area contributed by atoms with Crippen LogP contribution < -0.4 is 20.7 Å². The van der Waals surface area contributed by atoms with Crippen molar-refractivity contribution in [2.45, 2.75) is 154 Å². The monoisotopic (exact) mass is 802 g/mol. The van der Waals surface area contributed by atoms with Gasteiger partial charge in [-0.25, -0.2) is 4.79 Å². The molecule has 4 aromatic rings. The average molecular weight is 803 g/mol. The lowest BCUT2D eigenvalue weighted by Gasteiger charge is -2.50. The second kappa shape index (κ2) is 20.9. The Kier molecular flexibility index (Phi) is 16.4. The second-order valence-electron chi connectivity index (χ2n) is 18.1. The van der Waals surface area contributed by atoms with Gasteiger partial charge in [0.25, 0.3) is 16.6 Å². The first-order valence-electron chi connectivity index (χ1n) is 21.9. The number of carbonyl (C=O) groups is 1. The molecule has 4 aromatic carbocycles. The molecule has 0 bridgehead atoms. The van der Waals surface area contributed by atoms with Crippen molar-refractivity contribution in [2.24, 2.45) is 0 Å². The molecule has 1 aliphatic rings. The quantitative estimate of drug-likeness (QED) is 0.0277. The maximum atomic E-state index is 13.8. The molecule has 5 rings (SSSR count). The summed E-state index contributed by atoms with van der Waals surface area (Å²) >= 11 is 0. The Morgan fingerprint density at radius 2 is 0.895 bits per heavy atom. The standard InChI is InChI=1S/C51H70O4Si2/c1-8-9-10-11-12-13-14-15-16-17-18-23-32-42-41-47(53-48(42)52)49(54-56(50(2,3)4,43-33-24-19-25-34-43)44-35-26-20-27-36-44)55-57(51(5,6)7,45-37-28-21-29-38-45)46-39-30-22-31-40-46/h19-22,24-40,47,49H,8-18,23,41H2,1-7H3/b42-32-. The van der Waals surface area contributed by atoms with E-state index < -0.39 is 29.0 Å². The fourth-order valence-electron chi connectivity index (χ4n) is 8.87. The van der Waals surface area contributed by atoms with Gasteiger partial charge in [0.1, 0.15) is 0 Å². The number of hydrogen-bond acceptors (Lipinski definition) is 4. The van der Waals surface area contributed by atoms with Crippen LogP contribution >= 0.6 is 0 Å². The van der Waals surface area contributed by atoms with E-state index in [1.54, 1.807) is 0 Å². The molecule has 1 heterocycles. The van der Waals surface area contributed by atoms with E-state index in [1.807, 2.05) is 0 Å². The van der Waals surface area contributed by atoms with Crippen molar-refractivity contribution in [1.29, 1.82) is 0 Å². The molecule has 0 N–H and O–H groups in total. The van der Waals surface area contributed by atoms with Crippen molar-refractivity contribution in [3.8, 4) is 0 Å². The molecule has 0 saturated carbocycles. The lowest BCUT2D eigenvalue weighted by atomic mass is 10.0. The van der Waals surface area contributed by atoms with Gasteiger partial charge in [0.2, 0.25) is 0 Å². The van der Waals surface area contributed by atoms with Gasteiger partial charge in [0, 0.05) is 12.0 Å². The van der Waals surface area contributed by atoms with Crippen LogP contribution in [0, 0.1) is 0 Å². The Morgan fingerprint density at radius 1 is 0.561 bits per heavy atom. The molecule has 1 saturated heterocycles. The molecule has 4 nitrogen and oxygen atoms in total. The fourth-order valence-corrected chi connectivity index (χ4v) is 18.1. The summed E-state index contributed by atoms with van der Waals surface area (Å²) in [5, 5.41) is 4.04. The number of unbranched alkanes of at least 4 members (excludes halogenated alkanes) is 11. The lowest BCUT2D eigenvalue weighted by molar-refractivity contribution is -0.154. The van der Waals surface area contributed by atoms with Crippen LogP contribution in [0.3, 0.4) is 0 Å². The molecular formula is C51H70O4Si2. The van der Waals surface area contributed by atoms with Crippen LogP contribution in [0.4, 0.5) is 0 Å². The zero-order valence-electron chi connectivity index (χ0n) is 36.1. The summed E-state index contributed by atoms with van der Waals surface area (Å²) in [6, 6.07) is 42.8. The van der Waals surface area contributed by atoms with Crippen LogP contribution in [-0.4, -0.2) is 35.0 Å². The Bertz CT molecular complexity index is 1610. The summed E-state index contributed by atoms with van der Waals surface area (Å²) in [6.45, 7) is 16.0. The van der Waals surface area contributed by atoms with Crippen LogP contribution in [-0.2, 0) is 18.4 Å². The van der Waals surface area contributed by atoms with Crippen LogP contribution in [0.2, 0.25) is 10.1 Å². The average Bonchev–Trinajstić information content (AvgIpc) is 3.58. The van der Waals surface area contributed by atoms with Crippen LogP contribution in [0.1, 0.15) is 132 Å². The zero-order chi connectivity index (χ0) is 40.8. The molecule has 0 aliphatic carbocycles. The Hall–Kier alpha value is -3.56. The SMILES string of the molecule is CCCCCCCCCCCCC/C=C1/CC(C(O[Si](c2ccccc2)(c2ccccc2)C(C)(C)C)O[Si](c2ccccc2)(c2ccccc2)C(C)(C)C)OC1=O. The minimum absolute atomic E-state index is 0.245. The van der Waals surface area contributed by atoms with Gasteiger partial charge >= 0.3 is 5.97 Å². The number of allylic oxidation sites excluding steroid dienone is 1. The highest BCUT2D eigenvalue weighted by molar-refractivity contribution is 7.00. The molecule has 1 fully saturated rings. The van der Waals surface area contributed by atoms with E-state index in [9.17, 15) is 4.79 Å². The van der Waals surface area contributed by atoms with Crippen LogP contribution in [0.5, 0.6) is 0 Å². The van der Waals surface area contributed by atoms with Gasteiger partial charge in [-0.3, -0.25) is 0 Å². The largest absolute Gasteiger partial charge is 0.453 e. The van der Waals surface area contributed by atoms with Crippen molar-refractivity contribution < 1.29 is 18.4 Å². The van der Waals surface area contributed by atoms with Crippen LogP contribution in [0.25, 0.3) is 0 Å². The Balaban J connectivity index is 1.50. The van der Waals surface area contributed by atoms with Crippen molar-refractivity contribution in [3.05, 3.63) is 133 Å². The second-order valence-corrected chi connectivity index (χ2v) is 26.6. The Labute approximate surface area is 347 Å². The Morgan fingerprint density at radius 3 is 1.23 bits per heavy atom. The predicted octanol–water partition coefficient (Wildman–Crippen LogP) is 11.4. The van der Waals surface area contributed by atoms with Crippen molar-refractivity contribution in [2.75, 3.05) is 0 Å². The third kappa shape index (κ3) is 10.9. The summed E-state index contributed by atoms with van der Waals surface area (Å²) < 4.78 is 22.3. The zero-order valence-corrected chi connectivity index (χ0v) is 38.1. The minimum Gasteiger partial charge on any atom is -0.453 e. The number of benzene rings is 4. The number of rotatable bonds is 21. The first-order valence-corrected chi connectivity index (χ1v) is 25.7. The summed E-state index contributed by atoms with van der Waals surface area (Å²) in [6.07, 6.45) is 16.4. The van der Waals surface area contributed by atoms with Gasteiger partial charge < -0.3 is 13.6 Å². The van der Waals surface area contributed by atoms with Gasteiger partial charge in [0.05, 0.1) is 0 Å². The molecule has 0 radical (unpaired) electrons. The number of carbonyl (C=O) groups excluding carboxylic acids is 1. The van der Waals surface area contributed by atoms with Gasteiger partial charge in [0.15, 0.2) is 12.4 Å². The van der Waals surface area contributed by atoms with E-state index in [0.29, 0.717) is 6.42 Å². The highest BCUT2D eigenvalue weighted by Crippen LogP contribution is 2.43. The summed E-state index contributed by atoms with van der Waals surface area (Å²) in [4.78, 5) is 13.8. The van der Waals surface area contributed by atoms with Crippen molar-refractivity contribution in [1.82, 2.24) is 0 Å². The maximum Gasteiger partial charge on any atom is 0.334 e. The van der Waals surface area contributed by atoms with E-state index >= 15 is 0 Å². The van der Waals surface area contributed by atoms with E-state index in [0.717, 1.165) is 39.2 Å². The van der Waals surface area contributed by atoms with Crippen LogP contribution in [0.15, 0.2) is 133 Å². The van der Waals surface area contributed by atoms with E-state index in [4.69, 9.17) is 13.6 Å². The highest BCUT2D eigenvalue weighted by Gasteiger charge is 2.58. The molecule has 0 aromatic heterocycles.